The highest BCUT2D eigenvalue weighted by Crippen LogP contribution is 2.33. The van der Waals surface area contributed by atoms with Crippen molar-refractivity contribution in [1.82, 2.24) is 5.32 Å². The highest BCUT2D eigenvalue weighted by Gasteiger charge is 2.28. The number of rotatable bonds is 11. The van der Waals surface area contributed by atoms with Crippen LogP contribution in [0.4, 0.5) is 5.69 Å². The van der Waals surface area contributed by atoms with Gasteiger partial charge in [0.25, 0.3) is 5.91 Å². The smallest absolute Gasteiger partial charge is 0.265 e. The Balaban J connectivity index is 1.67. The Hall–Kier alpha value is -3.39. The van der Waals surface area contributed by atoms with Gasteiger partial charge in [-0.1, -0.05) is 19.1 Å². The molecule has 2 aromatic rings. The van der Waals surface area contributed by atoms with Crippen molar-refractivity contribution in [3.05, 3.63) is 53.6 Å². The molecule has 1 heterocycles. The summed E-state index contributed by atoms with van der Waals surface area (Å²) in [4.78, 5) is 38.8. The number of methoxy groups -OCH3 is 1. The first-order valence-corrected chi connectivity index (χ1v) is 10.6. The molecule has 0 aliphatic carbocycles. The summed E-state index contributed by atoms with van der Waals surface area (Å²) in [5.41, 5.74) is 1.89. The van der Waals surface area contributed by atoms with Gasteiger partial charge in [-0.15, -0.1) is 0 Å². The fourth-order valence-electron chi connectivity index (χ4n) is 3.28. The number of carbonyl (C=O) groups excluding carboxylic acids is 3. The number of anilines is 1. The average Bonchev–Trinajstić information content (AvgIpc) is 2.82. The van der Waals surface area contributed by atoms with Crippen molar-refractivity contribution in [3.8, 4) is 11.5 Å². The molecule has 2 amide bonds. The zero-order chi connectivity index (χ0) is 22.9. The standard InChI is InChI=1S/C24H28N2O6/c1-3-17-6-4-7-19(12-17)31-15-21(27)18-8-9-22-20(13-18)26(24(29)16-32-22)14-23(28)25-10-5-11-30-2/h4,6-9,12-13H,3,5,10-11,14-16H2,1-2H3,(H,25,28). The van der Waals surface area contributed by atoms with Crippen LogP contribution in [0.1, 0.15) is 29.3 Å². The predicted octanol–water partition coefficient (Wildman–Crippen LogP) is 2.39. The molecule has 0 atom stereocenters. The van der Waals surface area contributed by atoms with Crippen LogP contribution in [0.3, 0.4) is 0 Å². The molecule has 170 valence electrons. The minimum absolute atomic E-state index is 0.138. The van der Waals surface area contributed by atoms with Crippen LogP contribution in [0.2, 0.25) is 0 Å². The third-order valence-electron chi connectivity index (χ3n) is 5.05. The van der Waals surface area contributed by atoms with Crippen LogP contribution >= 0.6 is 0 Å². The SMILES string of the molecule is CCc1cccc(OCC(=O)c2ccc3c(c2)N(CC(=O)NCCCOC)C(=O)CO3)c1. The van der Waals surface area contributed by atoms with Crippen molar-refractivity contribution in [3.63, 3.8) is 0 Å². The molecule has 32 heavy (non-hydrogen) atoms. The van der Waals surface area contributed by atoms with Gasteiger partial charge >= 0.3 is 0 Å². The summed E-state index contributed by atoms with van der Waals surface area (Å²) in [7, 11) is 1.59. The lowest BCUT2D eigenvalue weighted by atomic mass is 10.1. The maximum Gasteiger partial charge on any atom is 0.265 e. The third-order valence-corrected chi connectivity index (χ3v) is 5.05. The fourth-order valence-corrected chi connectivity index (χ4v) is 3.28. The molecule has 3 rings (SSSR count). The highest BCUT2D eigenvalue weighted by molar-refractivity contribution is 6.04. The van der Waals surface area contributed by atoms with E-state index in [2.05, 4.69) is 5.32 Å². The van der Waals surface area contributed by atoms with Crippen LogP contribution in [-0.4, -0.2) is 57.6 Å². The van der Waals surface area contributed by atoms with Gasteiger partial charge < -0.3 is 19.5 Å². The molecule has 8 heteroatoms. The molecule has 1 aliphatic heterocycles. The van der Waals surface area contributed by atoms with E-state index in [1.54, 1.807) is 31.4 Å². The third kappa shape index (κ3) is 6.07. The van der Waals surface area contributed by atoms with Crippen molar-refractivity contribution in [2.24, 2.45) is 0 Å². The highest BCUT2D eigenvalue weighted by atomic mass is 16.5. The summed E-state index contributed by atoms with van der Waals surface area (Å²) in [6.07, 6.45) is 1.55. The topological polar surface area (TPSA) is 94.2 Å². The number of Topliss-reactive ketones (excluding diaryl/α,β-unsaturated/α-hetero) is 1. The summed E-state index contributed by atoms with van der Waals surface area (Å²) in [6, 6.07) is 12.4. The van der Waals surface area contributed by atoms with E-state index >= 15 is 0 Å². The van der Waals surface area contributed by atoms with Crippen molar-refractivity contribution in [2.75, 3.05) is 44.9 Å². The second-order valence-electron chi connectivity index (χ2n) is 7.36. The van der Waals surface area contributed by atoms with Gasteiger partial charge in [0, 0.05) is 25.8 Å². The van der Waals surface area contributed by atoms with Crippen molar-refractivity contribution in [2.45, 2.75) is 19.8 Å². The Bertz CT molecular complexity index is 975. The first-order valence-electron chi connectivity index (χ1n) is 10.6. The molecular weight excluding hydrogens is 412 g/mol. The maximum absolute atomic E-state index is 12.7. The second-order valence-corrected chi connectivity index (χ2v) is 7.36. The van der Waals surface area contributed by atoms with Crippen LogP contribution < -0.4 is 19.7 Å². The average molecular weight is 440 g/mol. The number of amides is 2. The number of ether oxygens (including phenoxy) is 3. The first kappa shape index (κ1) is 23.3. The van der Waals surface area contributed by atoms with Crippen molar-refractivity contribution >= 4 is 23.3 Å². The summed E-state index contributed by atoms with van der Waals surface area (Å²) >= 11 is 0. The van der Waals surface area contributed by atoms with Crippen molar-refractivity contribution in [1.29, 1.82) is 0 Å². The van der Waals surface area contributed by atoms with Gasteiger partial charge in [0.05, 0.1) is 5.69 Å². The molecule has 0 aromatic heterocycles. The minimum Gasteiger partial charge on any atom is -0.485 e. The summed E-state index contributed by atoms with van der Waals surface area (Å²) in [5.74, 6) is 0.197. The lowest BCUT2D eigenvalue weighted by Crippen LogP contribution is -2.45. The number of nitrogens with one attached hydrogen (secondary N) is 1. The number of carbonyl (C=O) groups is 3. The maximum atomic E-state index is 12.7. The molecular formula is C24H28N2O6. The Morgan fingerprint density at radius 1 is 1.19 bits per heavy atom. The van der Waals surface area contributed by atoms with E-state index in [-0.39, 0.29) is 37.4 Å². The van der Waals surface area contributed by atoms with E-state index < -0.39 is 0 Å². The van der Waals surface area contributed by atoms with Gasteiger partial charge in [0.1, 0.15) is 18.0 Å². The van der Waals surface area contributed by atoms with Crippen LogP contribution in [-0.2, 0) is 20.7 Å². The normalized spacial score (nSPS) is 12.7. The molecule has 1 aliphatic rings. The summed E-state index contributed by atoms with van der Waals surface area (Å²) in [5, 5.41) is 2.76. The second kappa shape index (κ2) is 11.3. The first-order chi connectivity index (χ1) is 15.5. The quantitative estimate of drug-likeness (QED) is 0.426. The Morgan fingerprint density at radius 2 is 2.03 bits per heavy atom. The van der Waals surface area contributed by atoms with E-state index in [4.69, 9.17) is 14.2 Å². The van der Waals surface area contributed by atoms with E-state index in [0.717, 1.165) is 12.0 Å². The van der Waals surface area contributed by atoms with Gasteiger partial charge in [-0.05, 0) is 48.7 Å². The fraction of sp³-hybridized carbons (Fsp3) is 0.375. The zero-order valence-corrected chi connectivity index (χ0v) is 18.4. The van der Waals surface area contributed by atoms with Gasteiger partial charge in [-0.3, -0.25) is 19.3 Å². The van der Waals surface area contributed by atoms with Crippen molar-refractivity contribution < 1.29 is 28.6 Å². The predicted molar refractivity (Wildman–Crippen MR) is 119 cm³/mol. The number of fused-ring (bicyclic) bond motifs is 1. The van der Waals surface area contributed by atoms with Gasteiger partial charge in [-0.2, -0.15) is 0 Å². The zero-order valence-electron chi connectivity index (χ0n) is 18.4. The molecule has 0 saturated heterocycles. The monoisotopic (exact) mass is 440 g/mol. The molecule has 1 N–H and O–H groups in total. The van der Waals surface area contributed by atoms with Gasteiger partial charge in [0.15, 0.2) is 19.0 Å². The largest absolute Gasteiger partial charge is 0.485 e. The van der Waals surface area contributed by atoms with E-state index in [1.807, 2.05) is 25.1 Å². The number of aryl methyl sites for hydroxylation is 1. The van der Waals surface area contributed by atoms with E-state index in [9.17, 15) is 14.4 Å². The van der Waals surface area contributed by atoms with Crippen LogP contribution in [0.15, 0.2) is 42.5 Å². The number of hydrogen-bond acceptors (Lipinski definition) is 6. The van der Waals surface area contributed by atoms with E-state index in [1.165, 1.54) is 4.90 Å². The number of nitrogens with zero attached hydrogens (tertiary/aromatic N) is 1. The lowest BCUT2D eigenvalue weighted by molar-refractivity contribution is -0.125. The summed E-state index contributed by atoms with van der Waals surface area (Å²) in [6.45, 7) is 2.59. The molecule has 8 nitrogen and oxygen atoms in total. The summed E-state index contributed by atoms with van der Waals surface area (Å²) < 4.78 is 16.1. The Morgan fingerprint density at radius 3 is 2.81 bits per heavy atom. The molecule has 0 fully saturated rings. The molecule has 0 spiro atoms. The van der Waals surface area contributed by atoms with Crippen LogP contribution in [0.25, 0.3) is 0 Å². The van der Waals surface area contributed by atoms with Gasteiger partial charge in [-0.25, -0.2) is 0 Å². The number of ketones is 1. The molecule has 0 unspecified atom stereocenters. The number of benzene rings is 2. The van der Waals surface area contributed by atoms with Crippen LogP contribution in [0, 0.1) is 0 Å². The minimum atomic E-state index is -0.346. The van der Waals surface area contributed by atoms with Gasteiger partial charge in [0.2, 0.25) is 5.91 Å². The Kier molecular flexibility index (Phi) is 8.21. The number of hydrogen-bond donors (Lipinski definition) is 1. The molecule has 0 radical (unpaired) electrons. The molecule has 0 bridgehead atoms. The van der Waals surface area contributed by atoms with E-state index in [0.29, 0.717) is 42.3 Å². The molecule has 2 aromatic carbocycles. The Labute approximate surface area is 187 Å². The lowest BCUT2D eigenvalue weighted by Gasteiger charge is -2.29. The molecule has 0 saturated carbocycles. The van der Waals surface area contributed by atoms with Crippen LogP contribution in [0.5, 0.6) is 11.5 Å².